The molecule has 8 nitrogen and oxygen atoms in total. The molecule has 3 aromatic heterocycles. The summed E-state index contributed by atoms with van der Waals surface area (Å²) >= 11 is 1.30. The maximum absolute atomic E-state index is 13.1. The van der Waals surface area contributed by atoms with E-state index in [1.807, 2.05) is 19.1 Å². The van der Waals surface area contributed by atoms with Gasteiger partial charge in [0.2, 0.25) is 12.4 Å². The van der Waals surface area contributed by atoms with Gasteiger partial charge in [0.25, 0.3) is 5.91 Å². The maximum atomic E-state index is 13.1. The van der Waals surface area contributed by atoms with Gasteiger partial charge in [0.05, 0.1) is 11.6 Å². The zero-order chi connectivity index (χ0) is 23.3. The topological polar surface area (TPSA) is 123 Å². The fraction of sp³-hybridized carbons (Fsp3) is 0.455. The summed E-state index contributed by atoms with van der Waals surface area (Å²) in [6, 6.07) is 3.11. The normalized spacial score (nSPS) is 22.7. The Morgan fingerprint density at radius 3 is 2.88 bits per heavy atom. The third kappa shape index (κ3) is 4.10. The Hall–Kier alpha value is -2.92. The molecule has 0 radical (unpaired) electrons. The highest BCUT2D eigenvalue weighted by atomic mass is 32.1. The van der Waals surface area contributed by atoms with Crippen molar-refractivity contribution in [3.05, 3.63) is 40.2 Å². The first kappa shape index (κ1) is 21.9. The van der Waals surface area contributed by atoms with Gasteiger partial charge in [-0.25, -0.2) is 23.7 Å². The number of nitrogens with two attached hydrogens (primary N) is 2. The molecular weight excluding hydrogens is 448 g/mol. The van der Waals surface area contributed by atoms with E-state index >= 15 is 0 Å². The molecule has 5 rings (SSSR count). The predicted molar refractivity (Wildman–Crippen MR) is 124 cm³/mol. The highest BCUT2D eigenvalue weighted by Crippen LogP contribution is 2.33. The van der Waals surface area contributed by atoms with Crippen LogP contribution in [-0.2, 0) is 12.8 Å². The SMILES string of the molecule is Cc1ccc2c(N)c(C(=O)N[C@@H]3CCc4nc(N5CC(C(F)F)[C@@H](N)C5)ncc4C3)sc2n1. The van der Waals surface area contributed by atoms with Gasteiger partial charge in [-0.2, -0.15) is 0 Å². The number of nitrogen functional groups attached to an aromatic ring is 1. The fourth-order valence-electron chi connectivity index (χ4n) is 4.57. The molecule has 33 heavy (non-hydrogen) atoms. The molecule has 3 aromatic rings. The number of carbonyl (C=O) groups excluding carboxylic acids is 1. The molecule has 0 saturated carbocycles. The number of alkyl halides is 2. The number of halogens is 2. The summed E-state index contributed by atoms with van der Waals surface area (Å²) < 4.78 is 26.3. The van der Waals surface area contributed by atoms with E-state index in [4.69, 9.17) is 11.5 Å². The standard InChI is InChI=1S/C22H25F2N7OS/c1-10-2-4-13-17(26)18(33-21(13)28-10)20(32)29-12-3-5-16-11(6-12)7-27-22(30-16)31-8-14(19(23)24)15(25)9-31/h2,4,7,12,14-15,19H,3,5-6,8-9,25-26H2,1H3,(H,29,32)/t12-,14?,15+/m1/s1. The number of fused-ring (bicyclic) bond motifs is 2. The lowest BCUT2D eigenvalue weighted by Crippen LogP contribution is -2.39. The Balaban J connectivity index is 1.27. The molecular formula is C22H25F2N7OS. The van der Waals surface area contributed by atoms with Gasteiger partial charge in [-0.05, 0) is 43.9 Å². The molecule has 11 heteroatoms. The van der Waals surface area contributed by atoms with Gasteiger partial charge in [0, 0.05) is 48.1 Å². The number of aryl methyl sites for hydroxylation is 2. The van der Waals surface area contributed by atoms with Crippen molar-refractivity contribution >= 4 is 39.1 Å². The Morgan fingerprint density at radius 2 is 2.12 bits per heavy atom. The van der Waals surface area contributed by atoms with Crippen molar-refractivity contribution in [3.8, 4) is 0 Å². The number of amides is 1. The van der Waals surface area contributed by atoms with E-state index in [1.54, 1.807) is 11.1 Å². The summed E-state index contributed by atoms with van der Waals surface area (Å²) in [5.74, 6) is -0.636. The van der Waals surface area contributed by atoms with Crippen LogP contribution in [0.1, 0.15) is 33.0 Å². The van der Waals surface area contributed by atoms with Gasteiger partial charge in [0.1, 0.15) is 9.71 Å². The minimum absolute atomic E-state index is 0.0674. The van der Waals surface area contributed by atoms with Crippen molar-refractivity contribution in [2.75, 3.05) is 23.7 Å². The Bertz CT molecular complexity index is 1220. The molecule has 1 fully saturated rings. The van der Waals surface area contributed by atoms with E-state index in [9.17, 15) is 13.6 Å². The van der Waals surface area contributed by atoms with Crippen LogP contribution in [0.4, 0.5) is 20.4 Å². The van der Waals surface area contributed by atoms with Gasteiger partial charge in [-0.3, -0.25) is 4.79 Å². The Morgan fingerprint density at radius 1 is 1.30 bits per heavy atom. The second-order valence-electron chi connectivity index (χ2n) is 8.77. The van der Waals surface area contributed by atoms with Crippen LogP contribution in [0.15, 0.2) is 18.3 Å². The van der Waals surface area contributed by atoms with Crippen LogP contribution in [0, 0.1) is 12.8 Å². The van der Waals surface area contributed by atoms with Crippen molar-refractivity contribution in [2.24, 2.45) is 11.7 Å². The molecule has 5 N–H and O–H groups in total. The molecule has 1 aliphatic carbocycles. The first-order valence-electron chi connectivity index (χ1n) is 10.9. The van der Waals surface area contributed by atoms with Crippen LogP contribution >= 0.6 is 11.3 Å². The average molecular weight is 474 g/mol. The van der Waals surface area contributed by atoms with Crippen LogP contribution in [0.25, 0.3) is 10.2 Å². The lowest BCUT2D eigenvalue weighted by Gasteiger charge is -2.26. The molecule has 1 aliphatic heterocycles. The number of aromatic nitrogens is 3. The quantitative estimate of drug-likeness (QED) is 0.531. The van der Waals surface area contributed by atoms with Crippen LogP contribution in [0.5, 0.6) is 0 Å². The Kier molecular flexibility index (Phi) is 5.61. The molecule has 0 bridgehead atoms. The number of nitrogens with zero attached hydrogens (tertiary/aromatic N) is 4. The Labute approximate surface area is 193 Å². The number of hydrogen-bond acceptors (Lipinski definition) is 8. The first-order valence-corrected chi connectivity index (χ1v) is 11.7. The van der Waals surface area contributed by atoms with Crippen molar-refractivity contribution < 1.29 is 13.6 Å². The van der Waals surface area contributed by atoms with Crippen LogP contribution in [0.2, 0.25) is 0 Å². The van der Waals surface area contributed by atoms with E-state index in [0.29, 0.717) is 35.9 Å². The van der Waals surface area contributed by atoms with Gasteiger partial charge >= 0.3 is 0 Å². The zero-order valence-corrected chi connectivity index (χ0v) is 18.9. The van der Waals surface area contributed by atoms with Gasteiger partial charge in [0.15, 0.2) is 0 Å². The van der Waals surface area contributed by atoms with Crippen molar-refractivity contribution in [1.29, 1.82) is 0 Å². The summed E-state index contributed by atoms with van der Waals surface area (Å²) in [6.07, 6.45) is 1.26. The van der Waals surface area contributed by atoms with Crippen molar-refractivity contribution in [3.63, 3.8) is 0 Å². The van der Waals surface area contributed by atoms with Crippen LogP contribution < -0.4 is 21.7 Å². The maximum Gasteiger partial charge on any atom is 0.263 e. The molecule has 0 spiro atoms. The summed E-state index contributed by atoms with van der Waals surface area (Å²) in [7, 11) is 0. The number of pyridine rings is 1. The van der Waals surface area contributed by atoms with E-state index in [1.165, 1.54) is 11.3 Å². The number of anilines is 2. The second kappa shape index (κ2) is 8.45. The largest absolute Gasteiger partial charge is 0.397 e. The van der Waals surface area contributed by atoms with E-state index < -0.39 is 18.4 Å². The summed E-state index contributed by atoms with van der Waals surface area (Å²) in [4.78, 5) is 29.4. The van der Waals surface area contributed by atoms with Gasteiger partial charge in [-0.15, -0.1) is 11.3 Å². The lowest BCUT2D eigenvalue weighted by atomic mass is 9.93. The highest BCUT2D eigenvalue weighted by Gasteiger charge is 2.37. The molecule has 4 heterocycles. The average Bonchev–Trinajstić information content (AvgIpc) is 3.33. The van der Waals surface area contributed by atoms with Crippen LogP contribution in [0.3, 0.4) is 0 Å². The summed E-state index contributed by atoms with van der Waals surface area (Å²) in [6.45, 7) is 2.37. The highest BCUT2D eigenvalue weighted by molar-refractivity contribution is 7.21. The van der Waals surface area contributed by atoms with Gasteiger partial charge < -0.3 is 21.7 Å². The first-order chi connectivity index (χ1) is 15.8. The lowest BCUT2D eigenvalue weighted by molar-refractivity contribution is 0.0804. The molecule has 1 amide bonds. The number of carbonyl (C=O) groups is 1. The van der Waals surface area contributed by atoms with Crippen molar-refractivity contribution in [1.82, 2.24) is 20.3 Å². The zero-order valence-electron chi connectivity index (χ0n) is 18.1. The monoisotopic (exact) mass is 473 g/mol. The molecule has 1 saturated heterocycles. The number of thiophene rings is 1. The molecule has 0 aromatic carbocycles. The molecule has 3 atom stereocenters. The summed E-state index contributed by atoms with van der Waals surface area (Å²) in [5.41, 5.74) is 15.3. The van der Waals surface area contributed by atoms with E-state index in [-0.39, 0.29) is 18.5 Å². The minimum atomic E-state index is -2.46. The van der Waals surface area contributed by atoms with E-state index in [0.717, 1.165) is 33.6 Å². The predicted octanol–water partition coefficient (Wildman–Crippen LogP) is 2.29. The van der Waals surface area contributed by atoms with Gasteiger partial charge in [-0.1, -0.05) is 0 Å². The number of rotatable bonds is 4. The van der Waals surface area contributed by atoms with E-state index in [2.05, 4.69) is 20.3 Å². The fourth-order valence-corrected chi connectivity index (χ4v) is 5.61. The third-order valence-electron chi connectivity index (χ3n) is 6.43. The number of hydrogen-bond donors (Lipinski definition) is 3. The van der Waals surface area contributed by atoms with Crippen molar-refractivity contribution in [2.45, 2.75) is 44.7 Å². The van der Waals surface area contributed by atoms with Crippen LogP contribution in [-0.4, -0.2) is 52.5 Å². The minimum Gasteiger partial charge on any atom is -0.397 e. The molecule has 1 unspecified atom stereocenters. The summed E-state index contributed by atoms with van der Waals surface area (Å²) in [5, 5.41) is 3.88. The number of nitrogens with one attached hydrogen (secondary N) is 1. The smallest absolute Gasteiger partial charge is 0.263 e. The molecule has 174 valence electrons. The third-order valence-corrected chi connectivity index (χ3v) is 7.54. The molecule has 2 aliphatic rings. The second-order valence-corrected chi connectivity index (χ2v) is 9.77.